The van der Waals surface area contributed by atoms with E-state index >= 15 is 0 Å². The van der Waals surface area contributed by atoms with Crippen LogP contribution in [0.25, 0.3) is 11.1 Å². The SMILES string of the molecule is CCc1ccc(-c2ccc(F)cc2)c(Br)c1. The van der Waals surface area contributed by atoms with Crippen molar-refractivity contribution in [1.82, 2.24) is 0 Å². The number of hydrogen-bond donors (Lipinski definition) is 0. The van der Waals surface area contributed by atoms with E-state index in [0.717, 1.165) is 22.0 Å². The second-order valence-electron chi connectivity index (χ2n) is 3.67. The molecule has 0 bridgehead atoms. The Kier molecular flexibility index (Phi) is 3.39. The molecule has 0 aliphatic carbocycles. The molecule has 0 atom stereocenters. The van der Waals surface area contributed by atoms with E-state index < -0.39 is 0 Å². The summed E-state index contributed by atoms with van der Waals surface area (Å²) in [7, 11) is 0. The van der Waals surface area contributed by atoms with Crippen molar-refractivity contribution in [2.45, 2.75) is 13.3 Å². The Hall–Kier alpha value is -1.15. The van der Waals surface area contributed by atoms with Crippen LogP contribution in [0.2, 0.25) is 0 Å². The highest BCUT2D eigenvalue weighted by molar-refractivity contribution is 9.10. The van der Waals surface area contributed by atoms with Crippen LogP contribution in [0.5, 0.6) is 0 Å². The number of hydrogen-bond acceptors (Lipinski definition) is 0. The second kappa shape index (κ2) is 4.79. The van der Waals surface area contributed by atoms with Crippen LogP contribution >= 0.6 is 15.9 Å². The molecule has 0 saturated heterocycles. The van der Waals surface area contributed by atoms with Gasteiger partial charge in [-0.05, 0) is 41.3 Å². The molecule has 0 aromatic heterocycles. The average Bonchev–Trinajstić information content (AvgIpc) is 2.30. The molecule has 0 nitrogen and oxygen atoms in total. The smallest absolute Gasteiger partial charge is 0.123 e. The first-order chi connectivity index (χ1) is 7.70. The monoisotopic (exact) mass is 278 g/mol. The molecule has 16 heavy (non-hydrogen) atoms. The molecule has 0 unspecified atom stereocenters. The van der Waals surface area contributed by atoms with Gasteiger partial charge in [0.25, 0.3) is 0 Å². The van der Waals surface area contributed by atoms with Gasteiger partial charge in [0.05, 0.1) is 0 Å². The van der Waals surface area contributed by atoms with Crippen LogP contribution in [-0.4, -0.2) is 0 Å². The minimum Gasteiger partial charge on any atom is -0.207 e. The van der Waals surface area contributed by atoms with Crippen molar-refractivity contribution in [2.24, 2.45) is 0 Å². The molecule has 2 rings (SSSR count). The lowest BCUT2D eigenvalue weighted by molar-refractivity contribution is 0.628. The van der Waals surface area contributed by atoms with Crippen molar-refractivity contribution >= 4 is 15.9 Å². The van der Waals surface area contributed by atoms with E-state index in [4.69, 9.17) is 0 Å². The van der Waals surface area contributed by atoms with Gasteiger partial charge in [-0.3, -0.25) is 0 Å². The zero-order valence-corrected chi connectivity index (χ0v) is 10.6. The van der Waals surface area contributed by atoms with E-state index in [-0.39, 0.29) is 5.82 Å². The third kappa shape index (κ3) is 2.33. The lowest BCUT2D eigenvalue weighted by Gasteiger charge is -2.06. The van der Waals surface area contributed by atoms with Gasteiger partial charge in [-0.1, -0.05) is 47.1 Å². The largest absolute Gasteiger partial charge is 0.207 e. The fraction of sp³-hybridized carbons (Fsp3) is 0.143. The highest BCUT2D eigenvalue weighted by Crippen LogP contribution is 2.29. The zero-order valence-electron chi connectivity index (χ0n) is 9.00. The van der Waals surface area contributed by atoms with Gasteiger partial charge in [0.1, 0.15) is 5.82 Å². The van der Waals surface area contributed by atoms with Gasteiger partial charge in [0.2, 0.25) is 0 Å². The van der Waals surface area contributed by atoms with Gasteiger partial charge in [-0.15, -0.1) is 0 Å². The maximum atomic E-state index is 12.8. The molecule has 2 aromatic carbocycles. The molecule has 82 valence electrons. The third-order valence-electron chi connectivity index (χ3n) is 2.60. The molecule has 2 heteroatoms. The van der Waals surface area contributed by atoms with Gasteiger partial charge in [0.15, 0.2) is 0 Å². The van der Waals surface area contributed by atoms with E-state index in [0.29, 0.717) is 0 Å². The summed E-state index contributed by atoms with van der Waals surface area (Å²) < 4.78 is 13.9. The van der Waals surface area contributed by atoms with Crippen LogP contribution in [0.15, 0.2) is 46.9 Å². The van der Waals surface area contributed by atoms with Crippen LogP contribution in [0, 0.1) is 5.82 Å². The Morgan fingerprint density at radius 3 is 2.31 bits per heavy atom. The first-order valence-corrected chi connectivity index (χ1v) is 6.04. The van der Waals surface area contributed by atoms with Crippen molar-refractivity contribution in [3.8, 4) is 11.1 Å². The molecule has 0 spiro atoms. The maximum absolute atomic E-state index is 12.8. The van der Waals surface area contributed by atoms with E-state index in [1.165, 1.54) is 17.7 Å². The molecule has 0 heterocycles. The number of halogens is 2. The van der Waals surface area contributed by atoms with Crippen LogP contribution in [0.3, 0.4) is 0 Å². The van der Waals surface area contributed by atoms with Gasteiger partial charge in [0, 0.05) is 4.47 Å². The first kappa shape index (κ1) is 11.3. The zero-order chi connectivity index (χ0) is 11.5. The van der Waals surface area contributed by atoms with Gasteiger partial charge < -0.3 is 0 Å². The maximum Gasteiger partial charge on any atom is 0.123 e. The summed E-state index contributed by atoms with van der Waals surface area (Å²) in [6, 6.07) is 12.8. The van der Waals surface area contributed by atoms with E-state index in [2.05, 4.69) is 41.1 Å². The Labute approximate surface area is 103 Å². The highest BCUT2D eigenvalue weighted by Gasteiger charge is 2.03. The van der Waals surface area contributed by atoms with Crippen molar-refractivity contribution in [3.63, 3.8) is 0 Å². The minimum absolute atomic E-state index is 0.204. The molecule has 0 amide bonds. The van der Waals surface area contributed by atoms with E-state index in [1.807, 2.05) is 0 Å². The molecule has 0 aliphatic rings. The van der Waals surface area contributed by atoms with E-state index in [9.17, 15) is 4.39 Å². The molecular formula is C14H12BrF. The van der Waals surface area contributed by atoms with Crippen LogP contribution in [-0.2, 0) is 6.42 Å². The van der Waals surface area contributed by atoms with E-state index in [1.54, 1.807) is 12.1 Å². The Morgan fingerprint density at radius 1 is 1.06 bits per heavy atom. The second-order valence-corrected chi connectivity index (χ2v) is 4.53. The Bertz CT molecular complexity index is 489. The summed E-state index contributed by atoms with van der Waals surface area (Å²) in [6.45, 7) is 2.12. The summed E-state index contributed by atoms with van der Waals surface area (Å²) >= 11 is 3.55. The average molecular weight is 279 g/mol. The first-order valence-electron chi connectivity index (χ1n) is 5.25. The topological polar surface area (TPSA) is 0 Å². The fourth-order valence-corrected chi connectivity index (χ4v) is 2.30. The summed E-state index contributed by atoms with van der Waals surface area (Å²) in [4.78, 5) is 0. The summed E-state index contributed by atoms with van der Waals surface area (Å²) in [6.07, 6.45) is 1.02. The van der Waals surface area contributed by atoms with Crippen LogP contribution < -0.4 is 0 Å². The summed E-state index contributed by atoms with van der Waals surface area (Å²) in [5.41, 5.74) is 3.41. The molecule has 0 aliphatic heterocycles. The standard InChI is InChI=1S/C14H12BrF/c1-2-10-3-8-13(14(15)9-10)11-4-6-12(16)7-5-11/h3-9H,2H2,1H3. The summed E-state index contributed by atoms with van der Waals surface area (Å²) in [5, 5.41) is 0. The quantitative estimate of drug-likeness (QED) is 0.739. The normalized spacial score (nSPS) is 10.4. The lowest BCUT2D eigenvalue weighted by Crippen LogP contribution is -1.84. The lowest BCUT2D eigenvalue weighted by atomic mass is 10.0. The van der Waals surface area contributed by atoms with Crippen molar-refractivity contribution in [1.29, 1.82) is 0 Å². The Balaban J connectivity index is 2.44. The van der Waals surface area contributed by atoms with Gasteiger partial charge >= 0.3 is 0 Å². The van der Waals surface area contributed by atoms with Gasteiger partial charge in [-0.25, -0.2) is 4.39 Å². The van der Waals surface area contributed by atoms with Crippen molar-refractivity contribution in [3.05, 3.63) is 58.3 Å². The number of benzene rings is 2. The summed E-state index contributed by atoms with van der Waals surface area (Å²) in [5.74, 6) is -0.204. The minimum atomic E-state index is -0.204. The number of aryl methyl sites for hydroxylation is 1. The highest BCUT2D eigenvalue weighted by atomic mass is 79.9. The number of rotatable bonds is 2. The predicted molar refractivity (Wildman–Crippen MR) is 68.9 cm³/mol. The molecular weight excluding hydrogens is 267 g/mol. The Morgan fingerprint density at radius 2 is 1.75 bits per heavy atom. The molecule has 0 fully saturated rings. The van der Waals surface area contributed by atoms with Crippen LogP contribution in [0.1, 0.15) is 12.5 Å². The van der Waals surface area contributed by atoms with Crippen LogP contribution in [0.4, 0.5) is 4.39 Å². The van der Waals surface area contributed by atoms with Crippen molar-refractivity contribution in [2.75, 3.05) is 0 Å². The third-order valence-corrected chi connectivity index (χ3v) is 3.25. The molecule has 0 saturated carbocycles. The fourth-order valence-electron chi connectivity index (χ4n) is 1.64. The predicted octanol–water partition coefficient (Wildman–Crippen LogP) is 4.82. The van der Waals surface area contributed by atoms with Gasteiger partial charge in [-0.2, -0.15) is 0 Å². The molecule has 2 aromatic rings. The molecule has 0 N–H and O–H groups in total. The van der Waals surface area contributed by atoms with Crippen molar-refractivity contribution < 1.29 is 4.39 Å². The molecule has 0 radical (unpaired) electrons.